The summed E-state index contributed by atoms with van der Waals surface area (Å²) in [7, 11) is 0. The van der Waals surface area contributed by atoms with Gasteiger partial charge in [-0.3, -0.25) is 0 Å². The van der Waals surface area contributed by atoms with Crippen molar-refractivity contribution in [2.75, 3.05) is 6.54 Å². The van der Waals surface area contributed by atoms with Crippen LogP contribution in [0.5, 0.6) is 0 Å². The predicted octanol–water partition coefficient (Wildman–Crippen LogP) is 2.77. The zero-order valence-electron chi connectivity index (χ0n) is 10.9. The van der Waals surface area contributed by atoms with Gasteiger partial charge >= 0.3 is 6.09 Å². The van der Waals surface area contributed by atoms with Gasteiger partial charge in [0.2, 0.25) is 0 Å². The molecule has 0 saturated heterocycles. The van der Waals surface area contributed by atoms with Crippen molar-refractivity contribution < 1.29 is 9.53 Å². The summed E-state index contributed by atoms with van der Waals surface area (Å²) in [5.74, 6) is 0. The average molecular weight is 256 g/mol. The summed E-state index contributed by atoms with van der Waals surface area (Å²) < 4.78 is 5.14. The van der Waals surface area contributed by atoms with Crippen LogP contribution in [0.2, 0.25) is 0 Å². The van der Waals surface area contributed by atoms with E-state index in [1.165, 1.54) is 4.88 Å². The third kappa shape index (κ3) is 5.68. The average Bonchev–Trinajstić information content (AvgIpc) is 2.63. The van der Waals surface area contributed by atoms with Crippen molar-refractivity contribution in [3.63, 3.8) is 0 Å². The molecule has 5 heteroatoms. The fourth-order valence-electron chi connectivity index (χ4n) is 1.23. The van der Waals surface area contributed by atoms with Crippen LogP contribution in [0.15, 0.2) is 6.20 Å². The van der Waals surface area contributed by atoms with Gasteiger partial charge in [0.1, 0.15) is 5.60 Å². The van der Waals surface area contributed by atoms with E-state index in [1.807, 2.05) is 27.0 Å². The van der Waals surface area contributed by atoms with Crippen molar-refractivity contribution in [2.24, 2.45) is 0 Å². The van der Waals surface area contributed by atoms with Gasteiger partial charge in [0.25, 0.3) is 0 Å². The molecule has 0 unspecified atom stereocenters. The fourth-order valence-corrected chi connectivity index (χ4v) is 2.09. The lowest BCUT2D eigenvalue weighted by Crippen LogP contribution is -2.33. The molecule has 0 aromatic carbocycles. The number of carbonyl (C=O) groups excluding carboxylic acids is 1. The van der Waals surface area contributed by atoms with Crippen molar-refractivity contribution in [3.8, 4) is 0 Å². The van der Waals surface area contributed by atoms with E-state index in [4.69, 9.17) is 4.74 Å². The highest BCUT2D eigenvalue weighted by Gasteiger charge is 2.15. The Bertz CT molecular complexity index is 369. The highest BCUT2D eigenvalue weighted by Crippen LogP contribution is 2.13. The summed E-state index contributed by atoms with van der Waals surface area (Å²) in [6.07, 6.45) is 3.28. The quantitative estimate of drug-likeness (QED) is 0.901. The maximum atomic E-state index is 11.4. The monoisotopic (exact) mass is 256 g/mol. The van der Waals surface area contributed by atoms with Crippen LogP contribution in [0.4, 0.5) is 4.79 Å². The van der Waals surface area contributed by atoms with Gasteiger partial charge < -0.3 is 10.1 Å². The van der Waals surface area contributed by atoms with Crippen molar-refractivity contribution in [1.29, 1.82) is 0 Å². The first kappa shape index (κ1) is 14.0. The van der Waals surface area contributed by atoms with Gasteiger partial charge in [-0.05, 0) is 27.2 Å². The lowest BCUT2D eigenvalue weighted by Gasteiger charge is -2.19. The molecule has 1 amide bonds. The molecule has 1 rings (SSSR count). The lowest BCUT2D eigenvalue weighted by atomic mass is 10.2. The first-order valence-corrected chi connectivity index (χ1v) is 6.63. The number of ether oxygens (including phenoxy) is 1. The van der Waals surface area contributed by atoms with Gasteiger partial charge in [0.15, 0.2) is 0 Å². The highest BCUT2D eigenvalue weighted by atomic mass is 32.1. The van der Waals surface area contributed by atoms with Gasteiger partial charge in [-0.1, -0.05) is 6.92 Å². The van der Waals surface area contributed by atoms with Crippen molar-refractivity contribution in [3.05, 3.63) is 16.1 Å². The summed E-state index contributed by atoms with van der Waals surface area (Å²) in [6, 6.07) is 0. The van der Waals surface area contributed by atoms with E-state index in [0.29, 0.717) is 6.54 Å². The maximum absolute atomic E-state index is 11.4. The Morgan fingerprint density at radius 3 is 2.76 bits per heavy atom. The van der Waals surface area contributed by atoms with Crippen LogP contribution >= 0.6 is 11.3 Å². The van der Waals surface area contributed by atoms with Crippen LogP contribution in [0.25, 0.3) is 0 Å². The maximum Gasteiger partial charge on any atom is 0.407 e. The predicted molar refractivity (Wildman–Crippen MR) is 69.4 cm³/mol. The standard InChI is InChI=1S/C12H20N2O2S/c1-5-10-14-8-9(17-10)6-7-13-11(15)16-12(2,3)4/h8H,5-7H2,1-4H3,(H,13,15). The second-order valence-electron chi connectivity index (χ2n) is 4.75. The Kier molecular flexibility index (Phi) is 4.93. The molecule has 17 heavy (non-hydrogen) atoms. The Labute approximate surface area is 106 Å². The van der Waals surface area contributed by atoms with Gasteiger partial charge in [-0.15, -0.1) is 11.3 Å². The van der Waals surface area contributed by atoms with Crippen LogP contribution in [0.1, 0.15) is 37.6 Å². The molecule has 1 N–H and O–H groups in total. The number of nitrogens with one attached hydrogen (secondary N) is 1. The molecule has 0 saturated carbocycles. The number of alkyl carbamates (subject to hydrolysis) is 1. The molecule has 0 radical (unpaired) electrons. The molecular weight excluding hydrogens is 236 g/mol. The third-order valence-corrected chi connectivity index (χ3v) is 3.14. The molecular formula is C12H20N2O2S. The lowest BCUT2D eigenvalue weighted by molar-refractivity contribution is 0.0528. The van der Waals surface area contributed by atoms with E-state index in [2.05, 4.69) is 17.2 Å². The van der Waals surface area contributed by atoms with Crippen LogP contribution < -0.4 is 5.32 Å². The Morgan fingerprint density at radius 1 is 1.53 bits per heavy atom. The van der Waals surface area contributed by atoms with Crippen LogP contribution in [0, 0.1) is 0 Å². The molecule has 0 aliphatic rings. The first-order chi connectivity index (χ1) is 7.90. The van der Waals surface area contributed by atoms with Gasteiger partial charge in [-0.25, -0.2) is 9.78 Å². The topological polar surface area (TPSA) is 51.2 Å². The third-order valence-electron chi connectivity index (χ3n) is 1.94. The molecule has 0 atom stereocenters. The molecule has 0 fully saturated rings. The van der Waals surface area contributed by atoms with E-state index in [1.54, 1.807) is 11.3 Å². The van der Waals surface area contributed by atoms with Crippen molar-refractivity contribution in [2.45, 2.75) is 46.1 Å². The molecule has 0 spiro atoms. The summed E-state index contributed by atoms with van der Waals surface area (Å²) in [5, 5.41) is 3.87. The summed E-state index contributed by atoms with van der Waals surface area (Å²) in [6.45, 7) is 8.22. The highest BCUT2D eigenvalue weighted by molar-refractivity contribution is 7.11. The van der Waals surface area contributed by atoms with Gasteiger partial charge in [0, 0.05) is 24.0 Å². The first-order valence-electron chi connectivity index (χ1n) is 5.81. The Balaban J connectivity index is 2.26. The zero-order chi connectivity index (χ0) is 12.9. The van der Waals surface area contributed by atoms with E-state index in [9.17, 15) is 4.79 Å². The fraction of sp³-hybridized carbons (Fsp3) is 0.667. The molecule has 0 aliphatic carbocycles. The number of nitrogens with zero attached hydrogens (tertiary/aromatic N) is 1. The van der Waals surface area contributed by atoms with Crippen LogP contribution in [-0.4, -0.2) is 23.2 Å². The molecule has 1 aromatic heterocycles. The number of thiazole rings is 1. The molecule has 1 aromatic rings. The number of rotatable bonds is 4. The minimum absolute atomic E-state index is 0.363. The van der Waals surface area contributed by atoms with Crippen LogP contribution in [-0.2, 0) is 17.6 Å². The van der Waals surface area contributed by atoms with Gasteiger partial charge in [0.05, 0.1) is 5.01 Å². The number of carbonyl (C=O) groups is 1. The second kappa shape index (κ2) is 6.00. The Morgan fingerprint density at radius 2 is 2.24 bits per heavy atom. The van der Waals surface area contributed by atoms with Crippen molar-refractivity contribution >= 4 is 17.4 Å². The molecule has 0 aliphatic heterocycles. The molecule has 4 nitrogen and oxygen atoms in total. The molecule has 0 bridgehead atoms. The minimum Gasteiger partial charge on any atom is -0.444 e. The number of hydrogen-bond donors (Lipinski definition) is 1. The number of aromatic nitrogens is 1. The number of hydrogen-bond acceptors (Lipinski definition) is 4. The van der Waals surface area contributed by atoms with E-state index in [0.717, 1.165) is 17.8 Å². The summed E-state index contributed by atoms with van der Waals surface area (Å²) in [5.41, 5.74) is -0.441. The Hall–Kier alpha value is -1.10. The molecule has 1 heterocycles. The number of aryl methyl sites for hydroxylation is 1. The SMILES string of the molecule is CCc1ncc(CCNC(=O)OC(C)(C)C)s1. The smallest absolute Gasteiger partial charge is 0.407 e. The number of amides is 1. The largest absolute Gasteiger partial charge is 0.444 e. The van der Waals surface area contributed by atoms with E-state index < -0.39 is 5.60 Å². The van der Waals surface area contributed by atoms with E-state index >= 15 is 0 Å². The zero-order valence-corrected chi connectivity index (χ0v) is 11.7. The van der Waals surface area contributed by atoms with E-state index in [-0.39, 0.29) is 6.09 Å². The second-order valence-corrected chi connectivity index (χ2v) is 5.95. The van der Waals surface area contributed by atoms with Crippen molar-refractivity contribution in [1.82, 2.24) is 10.3 Å². The van der Waals surface area contributed by atoms with Gasteiger partial charge in [-0.2, -0.15) is 0 Å². The summed E-state index contributed by atoms with van der Waals surface area (Å²) in [4.78, 5) is 16.8. The van der Waals surface area contributed by atoms with Crippen LogP contribution in [0.3, 0.4) is 0 Å². The normalized spacial score (nSPS) is 11.3. The summed E-state index contributed by atoms with van der Waals surface area (Å²) >= 11 is 1.69. The minimum atomic E-state index is -0.441. The molecule has 96 valence electrons.